The molecule has 0 radical (unpaired) electrons. The molecule has 0 bridgehead atoms. The Morgan fingerprint density at radius 2 is 1.83 bits per heavy atom. The molecular formula is C12H11NO4S. The lowest BCUT2D eigenvalue weighted by atomic mass is 10.4. The maximum Gasteiger partial charge on any atom is 0.341 e. The lowest BCUT2D eigenvalue weighted by molar-refractivity contribution is 0.257. The van der Waals surface area contributed by atoms with E-state index >= 15 is 0 Å². The van der Waals surface area contributed by atoms with Crippen LogP contribution in [0.3, 0.4) is 0 Å². The third-order valence-electron chi connectivity index (χ3n) is 2.28. The summed E-state index contributed by atoms with van der Waals surface area (Å²) < 4.78 is 28.7. The molecule has 0 spiro atoms. The van der Waals surface area contributed by atoms with Gasteiger partial charge in [0.25, 0.3) is 9.84 Å². The summed E-state index contributed by atoms with van der Waals surface area (Å²) in [5.74, 6) is 0.492. The Bertz CT molecular complexity index is 617. The number of sulfone groups is 1. The molecule has 1 aromatic heterocycles. The first-order valence-electron chi connectivity index (χ1n) is 5.21. The van der Waals surface area contributed by atoms with Gasteiger partial charge in [-0.15, -0.1) is 0 Å². The lowest BCUT2D eigenvalue weighted by Gasteiger charge is -2.04. The van der Waals surface area contributed by atoms with E-state index in [2.05, 4.69) is 5.32 Å². The van der Waals surface area contributed by atoms with E-state index in [-0.39, 0.29) is 11.4 Å². The summed E-state index contributed by atoms with van der Waals surface area (Å²) in [6, 6.07) is 10.9. The van der Waals surface area contributed by atoms with Gasteiger partial charge in [0.2, 0.25) is 0 Å². The fourth-order valence-corrected chi connectivity index (χ4v) is 2.37. The fraction of sp³-hybridized carbons (Fsp3) is 0.0833. The number of nitrogens with one attached hydrogen (secondary N) is 1. The van der Waals surface area contributed by atoms with Gasteiger partial charge in [0, 0.05) is 0 Å². The first kappa shape index (κ1) is 12.4. The molecular weight excluding hydrogens is 254 g/mol. The van der Waals surface area contributed by atoms with Crippen LogP contribution in [0.1, 0.15) is 5.76 Å². The molecule has 94 valence electrons. The zero-order valence-electron chi connectivity index (χ0n) is 9.37. The lowest BCUT2D eigenvalue weighted by Crippen LogP contribution is -2.29. The Kier molecular flexibility index (Phi) is 3.47. The van der Waals surface area contributed by atoms with Crippen molar-refractivity contribution in [2.45, 2.75) is 11.4 Å². The summed E-state index contributed by atoms with van der Waals surface area (Å²) >= 11 is 0. The maximum absolute atomic E-state index is 11.8. The smallest absolute Gasteiger partial charge is 0.341 e. The van der Waals surface area contributed by atoms with Crippen LogP contribution in [0.2, 0.25) is 0 Å². The SMILES string of the molecule is O=C(NCc1ccco1)S(=O)(=O)c1ccccc1. The second-order valence-electron chi connectivity index (χ2n) is 3.54. The van der Waals surface area contributed by atoms with E-state index in [1.807, 2.05) is 0 Å². The molecule has 0 saturated heterocycles. The highest BCUT2D eigenvalue weighted by Gasteiger charge is 2.24. The van der Waals surface area contributed by atoms with Crippen LogP contribution in [0.4, 0.5) is 4.79 Å². The van der Waals surface area contributed by atoms with Crippen LogP contribution in [-0.2, 0) is 16.4 Å². The molecule has 2 rings (SSSR count). The van der Waals surface area contributed by atoms with Gasteiger partial charge in [-0.25, -0.2) is 8.42 Å². The molecule has 2 aromatic rings. The van der Waals surface area contributed by atoms with Crippen LogP contribution in [0.5, 0.6) is 0 Å². The van der Waals surface area contributed by atoms with Gasteiger partial charge in [-0.05, 0) is 24.3 Å². The van der Waals surface area contributed by atoms with Gasteiger partial charge < -0.3 is 9.73 Å². The van der Waals surface area contributed by atoms with Gasteiger partial charge >= 0.3 is 5.24 Å². The van der Waals surface area contributed by atoms with Crippen molar-refractivity contribution in [3.8, 4) is 0 Å². The Hall–Kier alpha value is -2.08. The molecule has 0 atom stereocenters. The molecule has 0 saturated carbocycles. The minimum absolute atomic E-state index is 0.0260. The molecule has 18 heavy (non-hydrogen) atoms. The van der Waals surface area contributed by atoms with Crippen molar-refractivity contribution in [2.75, 3.05) is 0 Å². The van der Waals surface area contributed by atoms with E-state index in [1.165, 1.54) is 18.4 Å². The molecule has 5 nitrogen and oxygen atoms in total. The molecule has 0 aliphatic rings. The van der Waals surface area contributed by atoms with Gasteiger partial charge in [0.15, 0.2) is 0 Å². The van der Waals surface area contributed by atoms with Crippen LogP contribution in [0, 0.1) is 0 Å². The van der Waals surface area contributed by atoms with Crippen molar-refractivity contribution in [2.24, 2.45) is 0 Å². The second kappa shape index (κ2) is 5.05. The third-order valence-corrected chi connectivity index (χ3v) is 3.81. The fourth-order valence-electron chi connectivity index (χ4n) is 1.37. The second-order valence-corrected chi connectivity index (χ2v) is 5.39. The largest absolute Gasteiger partial charge is 0.467 e. The summed E-state index contributed by atoms with van der Waals surface area (Å²) in [6.07, 6.45) is 1.45. The molecule has 1 amide bonds. The van der Waals surface area contributed by atoms with Gasteiger partial charge in [0.1, 0.15) is 5.76 Å². The maximum atomic E-state index is 11.8. The molecule has 1 N–H and O–H groups in total. The minimum Gasteiger partial charge on any atom is -0.467 e. The summed E-state index contributed by atoms with van der Waals surface area (Å²) in [5, 5.41) is 1.27. The number of carbonyl (C=O) groups is 1. The van der Waals surface area contributed by atoms with Crippen molar-refractivity contribution >= 4 is 15.1 Å². The predicted octanol–water partition coefficient (Wildman–Crippen LogP) is 1.96. The van der Waals surface area contributed by atoms with Gasteiger partial charge in [-0.3, -0.25) is 4.79 Å². The standard InChI is InChI=1S/C12H11NO4S/c14-12(13-9-10-5-4-8-17-10)18(15,16)11-6-2-1-3-7-11/h1-8H,9H2,(H,13,14). The van der Waals surface area contributed by atoms with Crippen molar-refractivity contribution in [1.29, 1.82) is 0 Å². The average molecular weight is 265 g/mol. The zero-order valence-corrected chi connectivity index (χ0v) is 10.2. The molecule has 0 unspecified atom stereocenters. The van der Waals surface area contributed by atoms with Crippen molar-refractivity contribution in [3.05, 3.63) is 54.5 Å². The van der Waals surface area contributed by atoms with Gasteiger partial charge in [0.05, 0.1) is 17.7 Å². The van der Waals surface area contributed by atoms with E-state index in [4.69, 9.17) is 4.42 Å². The molecule has 0 fully saturated rings. The van der Waals surface area contributed by atoms with Crippen LogP contribution < -0.4 is 5.32 Å². The highest BCUT2D eigenvalue weighted by atomic mass is 32.2. The minimum atomic E-state index is -3.98. The monoisotopic (exact) mass is 265 g/mol. The molecule has 0 aliphatic carbocycles. The molecule has 0 aliphatic heterocycles. The van der Waals surface area contributed by atoms with Gasteiger partial charge in [-0.1, -0.05) is 18.2 Å². The van der Waals surface area contributed by atoms with Crippen molar-refractivity contribution in [3.63, 3.8) is 0 Å². The Morgan fingerprint density at radius 3 is 2.44 bits per heavy atom. The van der Waals surface area contributed by atoms with Crippen molar-refractivity contribution in [1.82, 2.24) is 5.32 Å². The van der Waals surface area contributed by atoms with E-state index in [0.29, 0.717) is 5.76 Å². The van der Waals surface area contributed by atoms with E-state index < -0.39 is 15.1 Å². The van der Waals surface area contributed by atoms with E-state index in [1.54, 1.807) is 30.3 Å². The number of furan rings is 1. The Balaban J connectivity index is 2.09. The first-order valence-corrected chi connectivity index (χ1v) is 6.69. The number of benzene rings is 1. The third kappa shape index (κ3) is 2.60. The van der Waals surface area contributed by atoms with Crippen LogP contribution >= 0.6 is 0 Å². The first-order chi connectivity index (χ1) is 8.60. The number of carbonyl (C=O) groups excluding carboxylic acids is 1. The van der Waals surface area contributed by atoms with Gasteiger partial charge in [-0.2, -0.15) is 0 Å². The number of hydrogen-bond acceptors (Lipinski definition) is 4. The Labute approximate surface area is 104 Å². The van der Waals surface area contributed by atoms with Crippen LogP contribution in [-0.4, -0.2) is 13.7 Å². The predicted molar refractivity (Wildman–Crippen MR) is 64.6 cm³/mol. The van der Waals surface area contributed by atoms with E-state index in [0.717, 1.165) is 0 Å². The van der Waals surface area contributed by atoms with E-state index in [9.17, 15) is 13.2 Å². The zero-order chi connectivity index (χ0) is 13.0. The number of hydrogen-bond donors (Lipinski definition) is 1. The Morgan fingerprint density at radius 1 is 1.11 bits per heavy atom. The molecule has 6 heteroatoms. The number of rotatable bonds is 3. The molecule has 1 heterocycles. The van der Waals surface area contributed by atoms with Crippen LogP contribution in [0.15, 0.2) is 58.0 Å². The molecule has 1 aromatic carbocycles. The van der Waals surface area contributed by atoms with Crippen LogP contribution in [0.25, 0.3) is 0 Å². The highest BCUT2D eigenvalue weighted by molar-refractivity contribution is 8.06. The summed E-state index contributed by atoms with van der Waals surface area (Å²) in [7, 11) is -3.98. The highest BCUT2D eigenvalue weighted by Crippen LogP contribution is 2.11. The summed E-state index contributed by atoms with van der Waals surface area (Å²) in [6.45, 7) is 0.0396. The summed E-state index contributed by atoms with van der Waals surface area (Å²) in [5.41, 5.74) is 0. The normalized spacial score (nSPS) is 11.1. The number of amides is 1. The van der Waals surface area contributed by atoms with Crippen molar-refractivity contribution < 1.29 is 17.6 Å². The summed E-state index contributed by atoms with van der Waals surface area (Å²) in [4.78, 5) is 11.6. The topological polar surface area (TPSA) is 76.4 Å². The quantitative estimate of drug-likeness (QED) is 0.920. The average Bonchev–Trinajstić information content (AvgIpc) is 2.90.